The highest BCUT2D eigenvalue weighted by molar-refractivity contribution is 5.85. The molecule has 0 atom stereocenters. The van der Waals surface area contributed by atoms with Crippen LogP contribution in [0.1, 0.15) is 37.5 Å². The van der Waals surface area contributed by atoms with Crippen LogP contribution in [0, 0.1) is 13.8 Å². The fourth-order valence-corrected chi connectivity index (χ4v) is 3.45. The normalized spacial score (nSPS) is 11.6. The maximum absolute atomic E-state index is 6.37. The van der Waals surface area contributed by atoms with Gasteiger partial charge in [0.25, 0.3) is 0 Å². The Morgan fingerprint density at radius 2 is 1.23 bits per heavy atom. The summed E-state index contributed by atoms with van der Waals surface area (Å²) >= 11 is 0. The van der Waals surface area contributed by atoms with E-state index in [1.807, 2.05) is 30.3 Å². The summed E-state index contributed by atoms with van der Waals surface area (Å²) in [6.45, 7) is 11.1. The van der Waals surface area contributed by atoms with Crippen molar-refractivity contribution in [3.05, 3.63) is 71.3 Å². The third-order valence-electron chi connectivity index (χ3n) is 4.97. The number of nitrogen functional groups attached to an aromatic ring is 2. The topological polar surface area (TPSA) is 52.0 Å². The van der Waals surface area contributed by atoms with Gasteiger partial charge in [0.1, 0.15) is 0 Å². The fraction of sp³-hybridized carbons (Fsp3) is 0.250. The minimum absolute atomic E-state index is 0.130. The lowest BCUT2D eigenvalue weighted by Gasteiger charge is -2.23. The van der Waals surface area contributed by atoms with Crippen molar-refractivity contribution in [2.75, 3.05) is 11.5 Å². The highest BCUT2D eigenvalue weighted by Crippen LogP contribution is 2.37. The number of nitrogens with two attached hydrogens (primary N) is 2. The van der Waals surface area contributed by atoms with E-state index in [0.717, 1.165) is 28.1 Å². The summed E-state index contributed by atoms with van der Waals surface area (Å²) in [4.78, 5) is 0. The predicted molar refractivity (Wildman–Crippen MR) is 114 cm³/mol. The van der Waals surface area contributed by atoms with Crippen molar-refractivity contribution in [3.8, 4) is 22.3 Å². The van der Waals surface area contributed by atoms with Crippen molar-refractivity contribution in [2.24, 2.45) is 0 Å². The fourth-order valence-electron chi connectivity index (χ4n) is 3.45. The van der Waals surface area contributed by atoms with Crippen molar-refractivity contribution >= 4 is 11.4 Å². The lowest BCUT2D eigenvalue weighted by molar-refractivity contribution is 0.589. The highest BCUT2D eigenvalue weighted by Gasteiger charge is 2.18. The zero-order valence-corrected chi connectivity index (χ0v) is 16.4. The smallest absolute Gasteiger partial charge is 0.0394 e. The first-order chi connectivity index (χ1) is 12.2. The molecule has 0 radical (unpaired) electrons. The molecular formula is C24H28N2. The maximum atomic E-state index is 6.37. The molecule has 3 rings (SSSR count). The van der Waals surface area contributed by atoms with Crippen LogP contribution in [0.4, 0.5) is 11.4 Å². The molecule has 0 fully saturated rings. The Kier molecular flexibility index (Phi) is 4.53. The van der Waals surface area contributed by atoms with Crippen molar-refractivity contribution < 1.29 is 0 Å². The zero-order chi connectivity index (χ0) is 19.1. The number of anilines is 2. The van der Waals surface area contributed by atoms with Crippen LogP contribution in [0.25, 0.3) is 22.3 Å². The van der Waals surface area contributed by atoms with Gasteiger partial charge in [-0.15, -0.1) is 0 Å². The number of hydrogen-bond donors (Lipinski definition) is 2. The van der Waals surface area contributed by atoms with E-state index in [2.05, 4.69) is 58.9 Å². The van der Waals surface area contributed by atoms with Crippen LogP contribution in [-0.2, 0) is 5.41 Å². The van der Waals surface area contributed by atoms with E-state index in [-0.39, 0.29) is 5.41 Å². The Labute approximate surface area is 156 Å². The summed E-state index contributed by atoms with van der Waals surface area (Å²) in [5.74, 6) is 0. The van der Waals surface area contributed by atoms with Crippen LogP contribution < -0.4 is 11.5 Å². The van der Waals surface area contributed by atoms with Gasteiger partial charge in [0.15, 0.2) is 0 Å². The average Bonchev–Trinajstić information content (AvgIpc) is 2.56. The van der Waals surface area contributed by atoms with Crippen molar-refractivity contribution in [2.45, 2.75) is 40.0 Å². The SMILES string of the molecule is Cc1cc(C(C)(C)C)cc(C)c1-c1cc(-c2ccc(N)cc2)ccc1N. The number of benzene rings is 3. The van der Waals surface area contributed by atoms with Gasteiger partial charge >= 0.3 is 0 Å². The molecule has 2 heteroatoms. The monoisotopic (exact) mass is 344 g/mol. The first-order valence-corrected chi connectivity index (χ1v) is 9.04. The molecule has 0 bridgehead atoms. The minimum atomic E-state index is 0.130. The molecule has 0 saturated carbocycles. The third kappa shape index (κ3) is 3.45. The summed E-state index contributed by atoms with van der Waals surface area (Å²) < 4.78 is 0. The van der Waals surface area contributed by atoms with Gasteiger partial charge in [0, 0.05) is 16.9 Å². The van der Waals surface area contributed by atoms with E-state index in [4.69, 9.17) is 11.5 Å². The van der Waals surface area contributed by atoms with Crippen molar-refractivity contribution in [3.63, 3.8) is 0 Å². The average molecular weight is 345 g/mol. The van der Waals surface area contributed by atoms with Gasteiger partial charge in [-0.3, -0.25) is 0 Å². The summed E-state index contributed by atoms with van der Waals surface area (Å²) in [7, 11) is 0. The van der Waals surface area contributed by atoms with Gasteiger partial charge in [-0.25, -0.2) is 0 Å². The van der Waals surface area contributed by atoms with Crippen LogP contribution >= 0.6 is 0 Å². The zero-order valence-electron chi connectivity index (χ0n) is 16.4. The molecule has 134 valence electrons. The Bertz CT molecular complexity index is 922. The summed E-state index contributed by atoms with van der Waals surface area (Å²) in [5, 5.41) is 0. The predicted octanol–water partition coefficient (Wildman–Crippen LogP) is 6.10. The minimum Gasteiger partial charge on any atom is -0.399 e. The Morgan fingerprint density at radius 1 is 0.692 bits per heavy atom. The van der Waals surface area contributed by atoms with E-state index < -0.39 is 0 Å². The molecule has 0 aliphatic carbocycles. The molecule has 3 aromatic rings. The molecule has 0 spiro atoms. The summed E-state index contributed by atoms with van der Waals surface area (Å²) in [6.07, 6.45) is 0. The van der Waals surface area contributed by atoms with Gasteiger partial charge in [-0.1, -0.05) is 51.1 Å². The molecule has 0 aliphatic rings. The van der Waals surface area contributed by atoms with Crippen LogP contribution in [0.2, 0.25) is 0 Å². The molecule has 0 aromatic heterocycles. The van der Waals surface area contributed by atoms with Gasteiger partial charge in [-0.2, -0.15) is 0 Å². The Hall–Kier alpha value is -2.74. The second kappa shape index (κ2) is 6.53. The van der Waals surface area contributed by atoms with Crippen molar-refractivity contribution in [1.29, 1.82) is 0 Å². The van der Waals surface area contributed by atoms with E-state index in [9.17, 15) is 0 Å². The van der Waals surface area contributed by atoms with Gasteiger partial charge in [0.05, 0.1) is 0 Å². The molecule has 2 nitrogen and oxygen atoms in total. The van der Waals surface area contributed by atoms with Gasteiger partial charge < -0.3 is 11.5 Å². The summed E-state index contributed by atoms with van der Waals surface area (Å²) in [6, 6.07) is 18.8. The Balaban J connectivity index is 2.15. The molecule has 0 unspecified atom stereocenters. The van der Waals surface area contributed by atoms with Crippen LogP contribution in [0.15, 0.2) is 54.6 Å². The Morgan fingerprint density at radius 3 is 1.77 bits per heavy atom. The summed E-state index contributed by atoms with van der Waals surface area (Å²) in [5.41, 5.74) is 22.4. The second-order valence-corrected chi connectivity index (χ2v) is 8.16. The van der Waals surface area contributed by atoms with Crippen LogP contribution in [0.3, 0.4) is 0 Å². The van der Waals surface area contributed by atoms with E-state index in [1.165, 1.54) is 22.3 Å². The van der Waals surface area contributed by atoms with Crippen LogP contribution in [0.5, 0.6) is 0 Å². The van der Waals surface area contributed by atoms with Crippen molar-refractivity contribution in [1.82, 2.24) is 0 Å². The first kappa shape index (κ1) is 18.1. The van der Waals surface area contributed by atoms with Gasteiger partial charge in [-0.05, 0) is 76.9 Å². The molecule has 26 heavy (non-hydrogen) atoms. The standard InChI is InChI=1S/C24H28N2/c1-15-12-19(24(3,4)5)13-16(2)23(15)21-14-18(8-11-22(21)26)17-6-9-20(25)10-7-17/h6-14H,25-26H2,1-5H3. The van der Waals surface area contributed by atoms with E-state index >= 15 is 0 Å². The largest absolute Gasteiger partial charge is 0.399 e. The van der Waals surface area contributed by atoms with Crippen LogP contribution in [-0.4, -0.2) is 0 Å². The quantitative estimate of drug-likeness (QED) is 0.552. The molecule has 4 N–H and O–H groups in total. The molecule has 0 aliphatic heterocycles. The molecule has 0 saturated heterocycles. The lowest BCUT2D eigenvalue weighted by atomic mass is 9.82. The number of aryl methyl sites for hydroxylation is 2. The lowest BCUT2D eigenvalue weighted by Crippen LogP contribution is -2.12. The maximum Gasteiger partial charge on any atom is 0.0394 e. The number of hydrogen-bond acceptors (Lipinski definition) is 2. The second-order valence-electron chi connectivity index (χ2n) is 8.16. The molecule has 3 aromatic carbocycles. The number of rotatable bonds is 2. The van der Waals surface area contributed by atoms with E-state index in [1.54, 1.807) is 0 Å². The van der Waals surface area contributed by atoms with Gasteiger partial charge in [0.2, 0.25) is 0 Å². The highest BCUT2D eigenvalue weighted by atomic mass is 14.6. The third-order valence-corrected chi connectivity index (χ3v) is 4.97. The molecule has 0 amide bonds. The van der Waals surface area contributed by atoms with E-state index in [0.29, 0.717) is 0 Å². The molecular weight excluding hydrogens is 316 g/mol. The molecule has 0 heterocycles. The first-order valence-electron chi connectivity index (χ1n) is 9.04.